The summed E-state index contributed by atoms with van der Waals surface area (Å²) in [6.45, 7) is 5.62. The summed E-state index contributed by atoms with van der Waals surface area (Å²) in [4.78, 5) is 2.34. The van der Waals surface area contributed by atoms with Gasteiger partial charge in [0.2, 0.25) is 0 Å². The number of hydrogen-bond acceptors (Lipinski definition) is 3. The standard InChI is InChI=1S/C15H23ClN2O/c1-11(17)14(12-5-3-4-6-13(12)16)18-9-7-15(2,19)8-10-18/h3-6,11,14,19H,7-10,17H2,1-2H3. The molecule has 0 bridgehead atoms. The van der Waals surface area contributed by atoms with Gasteiger partial charge in [-0.1, -0.05) is 29.8 Å². The highest BCUT2D eigenvalue weighted by Crippen LogP contribution is 2.33. The molecule has 1 aliphatic rings. The Morgan fingerprint density at radius 1 is 1.32 bits per heavy atom. The Kier molecular flexibility index (Phi) is 4.51. The Morgan fingerprint density at radius 3 is 2.42 bits per heavy atom. The van der Waals surface area contributed by atoms with Crippen LogP contribution in [0.4, 0.5) is 0 Å². The summed E-state index contributed by atoms with van der Waals surface area (Å²) < 4.78 is 0. The van der Waals surface area contributed by atoms with Crippen LogP contribution < -0.4 is 5.73 Å². The lowest BCUT2D eigenvalue weighted by Crippen LogP contribution is -2.48. The quantitative estimate of drug-likeness (QED) is 0.896. The van der Waals surface area contributed by atoms with E-state index >= 15 is 0 Å². The van der Waals surface area contributed by atoms with Gasteiger partial charge in [0.15, 0.2) is 0 Å². The van der Waals surface area contributed by atoms with Gasteiger partial charge in [-0.15, -0.1) is 0 Å². The van der Waals surface area contributed by atoms with Crippen LogP contribution in [0.25, 0.3) is 0 Å². The molecule has 0 amide bonds. The lowest BCUT2D eigenvalue weighted by Gasteiger charge is -2.42. The van der Waals surface area contributed by atoms with Crippen molar-refractivity contribution < 1.29 is 5.11 Å². The summed E-state index contributed by atoms with van der Waals surface area (Å²) in [5.41, 5.74) is 6.71. The highest BCUT2D eigenvalue weighted by Gasteiger charge is 2.33. The molecule has 4 heteroatoms. The number of rotatable bonds is 3. The van der Waals surface area contributed by atoms with E-state index in [1.54, 1.807) is 0 Å². The van der Waals surface area contributed by atoms with Gasteiger partial charge in [0.25, 0.3) is 0 Å². The van der Waals surface area contributed by atoms with E-state index in [9.17, 15) is 5.11 Å². The van der Waals surface area contributed by atoms with Crippen molar-refractivity contribution >= 4 is 11.6 Å². The minimum absolute atomic E-state index is 0.00273. The first kappa shape index (κ1) is 14.8. The van der Waals surface area contributed by atoms with E-state index in [0.29, 0.717) is 0 Å². The third kappa shape index (κ3) is 3.48. The van der Waals surface area contributed by atoms with Gasteiger partial charge in [-0.05, 0) is 38.3 Å². The van der Waals surface area contributed by atoms with Crippen LogP contribution in [0.3, 0.4) is 0 Å². The van der Waals surface area contributed by atoms with Crippen molar-refractivity contribution in [1.82, 2.24) is 4.90 Å². The molecule has 3 N–H and O–H groups in total. The average molecular weight is 283 g/mol. The van der Waals surface area contributed by atoms with E-state index in [1.165, 1.54) is 0 Å². The SMILES string of the molecule is CC(N)C(c1ccccc1Cl)N1CCC(C)(O)CC1. The van der Waals surface area contributed by atoms with Crippen LogP contribution in [0.2, 0.25) is 5.02 Å². The molecule has 1 aliphatic heterocycles. The summed E-state index contributed by atoms with van der Waals surface area (Å²) >= 11 is 6.31. The second kappa shape index (κ2) is 5.80. The van der Waals surface area contributed by atoms with Crippen molar-refractivity contribution in [2.24, 2.45) is 5.73 Å². The fourth-order valence-electron chi connectivity index (χ4n) is 2.81. The highest BCUT2D eigenvalue weighted by atomic mass is 35.5. The zero-order chi connectivity index (χ0) is 14.0. The van der Waals surface area contributed by atoms with Gasteiger partial charge in [-0.25, -0.2) is 0 Å². The van der Waals surface area contributed by atoms with Crippen LogP contribution in [0, 0.1) is 0 Å². The Morgan fingerprint density at radius 2 is 1.89 bits per heavy atom. The van der Waals surface area contributed by atoms with Gasteiger partial charge >= 0.3 is 0 Å². The van der Waals surface area contributed by atoms with Crippen LogP contribution in [-0.2, 0) is 0 Å². The Hall–Kier alpha value is -0.610. The molecule has 0 aliphatic carbocycles. The number of piperidine rings is 1. The molecule has 0 saturated carbocycles. The minimum Gasteiger partial charge on any atom is -0.390 e. The van der Waals surface area contributed by atoms with Gasteiger partial charge in [0.05, 0.1) is 11.6 Å². The molecular formula is C15H23ClN2O. The van der Waals surface area contributed by atoms with Gasteiger partial charge in [0.1, 0.15) is 0 Å². The van der Waals surface area contributed by atoms with Crippen molar-refractivity contribution in [2.75, 3.05) is 13.1 Å². The van der Waals surface area contributed by atoms with E-state index in [-0.39, 0.29) is 12.1 Å². The van der Waals surface area contributed by atoms with Crippen molar-refractivity contribution in [2.45, 2.75) is 44.4 Å². The summed E-state index contributed by atoms with van der Waals surface area (Å²) in [6.07, 6.45) is 1.56. The van der Waals surface area contributed by atoms with Crippen LogP contribution >= 0.6 is 11.6 Å². The molecule has 2 atom stereocenters. The summed E-state index contributed by atoms with van der Waals surface area (Å²) in [5.74, 6) is 0. The minimum atomic E-state index is -0.542. The molecule has 1 heterocycles. The maximum Gasteiger partial charge on any atom is 0.0644 e. The average Bonchev–Trinajstić information content (AvgIpc) is 2.33. The van der Waals surface area contributed by atoms with E-state index in [1.807, 2.05) is 38.1 Å². The highest BCUT2D eigenvalue weighted by molar-refractivity contribution is 6.31. The zero-order valence-electron chi connectivity index (χ0n) is 11.6. The maximum absolute atomic E-state index is 10.1. The number of likely N-dealkylation sites (tertiary alicyclic amines) is 1. The molecule has 3 nitrogen and oxygen atoms in total. The molecule has 1 aromatic rings. The van der Waals surface area contributed by atoms with Gasteiger partial charge < -0.3 is 10.8 Å². The monoisotopic (exact) mass is 282 g/mol. The van der Waals surface area contributed by atoms with E-state index < -0.39 is 5.60 Å². The predicted octanol–water partition coefficient (Wildman–Crippen LogP) is 2.58. The van der Waals surface area contributed by atoms with E-state index in [0.717, 1.165) is 36.5 Å². The van der Waals surface area contributed by atoms with Crippen LogP contribution in [0.15, 0.2) is 24.3 Å². The number of nitrogens with zero attached hydrogens (tertiary/aromatic N) is 1. The Bertz CT molecular complexity index is 424. The summed E-state index contributed by atoms with van der Waals surface area (Å²) in [6, 6.07) is 8.00. The van der Waals surface area contributed by atoms with E-state index in [4.69, 9.17) is 17.3 Å². The molecule has 0 aromatic heterocycles. The smallest absolute Gasteiger partial charge is 0.0644 e. The van der Waals surface area contributed by atoms with Crippen molar-refractivity contribution in [3.8, 4) is 0 Å². The number of benzene rings is 1. The van der Waals surface area contributed by atoms with Crippen molar-refractivity contribution in [3.63, 3.8) is 0 Å². The maximum atomic E-state index is 10.1. The largest absolute Gasteiger partial charge is 0.390 e. The van der Waals surface area contributed by atoms with Crippen LogP contribution in [0.5, 0.6) is 0 Å². The lowest BCUT2D eigenvalue weighted by atomic mass is 9.90. The fourth-order valence-corrected chi connectivity index (χ4v) is 3.06. The van der Waals surface area contributed by atoms with Gasteiger partial charge in [-0.2, -0.15) is 0 Å². The first-order valence-corrected chi connectivity index (χ1v) is 7.25. The molecule has 1 aromatic carbocycles. The Labute approximate surface area is 120 Å². The third-order valence-electron chi connectivity index (χ3n) is 3.99. The molecule has 2 unspecified atom stereocenters. The molecule has 2 rings (SSSR count). The van der Waals surface area contributed by atoms with Gasteiger partial charge in [0, 0.05) is 24.2 Å². The first-order chi connectivity index (χ1) is 8.91. The number of nitrogens with two attached hydrogens (primary N) is 1. The zero-order valence-corrected chi connectivity index (χ0v) is 12.4. The Balaban J connectivity index is 2.20. The predicted molar refractivity (Wildman–Crippen MR) is 79.3 cm³/mol. The first-order valence-electron chi connectivity index (χ1n) is 6.87. The molecule has 0 radical (unpaired) electrons. The number of hydrogen-bond donors (Lipinski definition) is 2. The van der Waals surface area contributed by atoms with E-state index in [2.05, 4.69) is 4.90 Å². The summed E-state index contributed by atoms with van der Waals surface area (Å²) in [5, 5.41) is 10.8. The van der Waals surface area contributed by atoms with Crippen molar-refractivity contribution in [3.05, 3.63) is 34.9 Å². The molecule has 0 spiro atoms. The third-order valence-corrected chi connectivity index (χ3v) is 4.33. The molecule has 106 valence electrons. The second-order valence-electron chi connectivity index (χ2n) is 5.86. The lowest BCUT2D eigenvalue weighted by molar-refractivity contribution is -0.0194. The molecule has 19 heavy (non-hydrogen) atoms. The van der Waals surface area contributed by atoms with Gasteiger partial charge in [-0.3, -0.25) is 4.90 Å². The topological polar surface area (TPSA) is 49.5 Å². The van der Waals surface area contributed by atoms with Crippen LogP contribution in [-0.4, -0.2) is 34.7 Å². The van der Waals surface area contributed by atoms with Crippen LogP contribution in [0.1, 0.15) is 38.3 Å². The van der Waals surface area contributed by atoms with Crippen molar-refractivity contribution in [1.29, 1.82) is 0 Å². The normalized spacial score (nSPS) is 23.0. The molecular weight excluding hydrogens is 260 g/mol. The number of halogens is 1. The second-order valence-corrected chi connectivity index (χ2v) is 6.27. The fraction of sp³-hybridized carbons (Fsp3) is 0.600. The molecule has 1 saturated heterocycles. The molecule has 1 fully saturated rings. The number of aliphatic hydroxyl groups is 1. The summed E-state index contributed by atoms with van der Waals surface area (Å²) in [7, 11) is 0.